The molecule has 0 aliphatic rings. The molecule has 0 amide bonds. The lowest BCUT2D eigenvalue weighted by molar-refractivity contribution is 1.61. The minimum atomic E-state index is -0.413. The van der Waals surface area contributed by atoms with E-state index in [-0.39, 0.29) is 183 Å². The van der Waals surface area contributed by atoms with Crippen molar-refractivity contribution >= 4 is 129 Å². The molecule has 0 saturated carbocycles. The van der Waals surface area contributed by atoms with Crippen molar-refractivity contribution in [1.29, 1.82) is 0 Å². The van der Waals surface area contributed by atoms with Crippen LogP contribution in [0.4, 0.5) is 0 Å². The normalized spacial score (nSPS) is 14.4. The SMILES string of the molecule is [2H]c1c([2H])c([2H])c2c(-c3ccc(-c4ccccc4)c4ccccc34)c3c([2H])c([2H])c([2H])c([2H])c3c(-c3ccccc3)c2c1[2H].[2H]c1c([2H])c([2H])c2c(-c3ccc(-c4ccccc4)cc3)c3c([2H])c([2H])c([2H])c([2H])c3c(-c3ccccc3)c2c1[2H].[2H]c1c([2H])c([2H])c2c(-c3ccc4ccccc4c3)c3c([2H])c([2H])c([2H])c([2H])c3c(-c3cccc(-c4ccc5ccccc5c4)c3)c2c1[2H].[2H]c1c([2H])c([2H])c2c(-c3cccc(-c4ccc5ccccc5c4)c3)c3c([2H])c([2H])c([2H])c([2H])c3c(-c3ccccc3)c2c1[2H]. The van der Waals surface area contributed by atoms with Crippen molar-refractivity contribution in [1.82, 2.24) is 0 Å². The van der Waals surface area contributed by atoms with Crippen molar-refractivity contribution in [3.8, 4) is 134 Å². The average molecular weight is 1860 g/mol. The third kappa shape index (κ3) is 16.4. The highest BCUT2D eigenvalue weighted by Gasteiger charge is 2.24. The Morgan fingerprint density at radius 3 is 0.590 bits per heavy atom. The minimum absolute atomic E-state index is 0.206. The van der Waals surface area contributed by atoms with Crippen LogP contribution >= 0.6 is 0 Å². The van der Waals surface area contributed by atoms with E-state index >= 15 is 0 Å². The second-order valence-corrected chi connectivity index (χ2v) is 35.0. The van der Waals surface area contributed by atoms with Crippen LogP contribution in [0.25, 0.3) is 263 Å². The van der Waals surface area contributed by atoms with Crippen LogP contribution in [0.2, 0.25) is 0 Å². The number of benzene rings is 28. The molecule has 0 N–H and O–H groups in total. The fourth-order valence-corrected chi connectivity index (χ4v) is 20.2. The highest BCUT2D eigenvalue weighted by molar-refractivity contribution is 6.27. The first-order chi connectivity index (χ1) is 84.8. The zero-order valence-electron chi connectivity index (χ0n) is 109. The summed E-state index contributed by atoms with van der Waals surface area (Å²) in [6, 6.07) is 112. The van der Waals surface area contributed by atoms with Gasteiger partial charge in [0, 0.05) is 0 Å². The molecule has 28 aromatic carbocycles. The van der Waals surface area contributed by atoms with Crippen molar-refractivity contribution < 1.29 is 43.9 Å². The van der Waals surface area contributed by atoms with Gasteiger partial charge in [-0.3, -0.25) is 0 Å². The molecule has 0 saturated heterocycles. The van der Waals surface area contributed by atoms with E-state index in [0.29, 0.717) is 89.0 Å². The third-order valence-electron chi connectivity index (χ3n) is 26.8. The van der Waals surface area contributed by atoms with Gasteiger partial charge >= 0.3 is 0 Å². The average Bonchev–Trinajstić information content (AvgIpc) is 0.702. The maximum absolute atomic E-state index is 9.23. The van der Waals surface area contributed by atoms with Gasteiger partial charge < -0.3 is 0 Å². The lowest BCUT2D eigenvalue weighted by Gasteiger charge is -2.19. The van der Waals surface area contributed by atoms with Crippen molar-refractivity contribution in [2.45, 2.75) is 0 Å². The van der Waals surface area contributed by atoms with Crippen molar-refractivity contribution in [2.75, 3.05) is 0 Å². The summed E-state index contributed by atoms with van der Waals surface area (Å²) in [5.74, 6) is 0. The Kier molecular flexibility index (Phi) is 15.8. The Balaban J connectivity index is 0.000000117. The Bertz CT molecular complexity index is 11500. The van der Waals surface area contributed by atoms with Crippen LogP contribution < -0.4 is 0 Å². The van der Waals surface area contributed by atoms with E-state index in [1.165, 1.54) is 0 Å². The molecule has 0 spiro atoms. The molecule has 0 radical (unpaired) electrons. The Morgan fingerprint density at radius 1 is 0.0972 bits per heavy atom. The number of hydrogen-bond donors (Lipinski definition) is 0. The summed E-state index contributed by atoms with van der Waals surface area (Å²) >= 11 is 0. The topological polar surface area (TPSA) is 0 Å². The van der Waals surface area contributed by atoms with E-state index in [9.17, 15) is 8.22 Å². The molecular formula is C144H96. The van der Waals surface area contributed by atoms with Gasteiger partial charge in [0.25, 0.3) is 0 Å². The number of fused-ring (bicyclic) bond motifs is 12. The zero-order chi connectivity index (χ0) is 123. The quantitative estimate of drug-likeness (QED) is 0.107. The molecule has 0 heterocycles. The molecule has 0 aromatic heterocycles. The van der Waals surface area contributed by atoms with Gasteiger partial charge in [0.05, 0.1) is 43.9 Å². The van der Waals surface area contributed by atoms with Gasteiger partial charge in [-0.25, -0.2) is 0 Å². The summed E-state index contributed by atoms with van der Waals surface area (Å²) in [6.07, 6.45) is 0. The molecule has 28 rings (SSSR count). The maximum atomic E-state index is 9.23. The summed E-state index contributed by atoms with van der Waals surface area (Å²) in [7, 11) is 0. The first-order valence-corrected chi connectivity index (χ1v) is 47.2. The van der Waals surface area contributed by atoms with Crippen LogP contribution in [0, 0.1) is 0 Å². The summed E-state index contributed by atoms with van der Waals surface area (Å²) in [5, 5.41) is 11.3. The molecule has 0 heteroatoms. The van der Waals surface area contributed by atoms with E-state index in [1.807, 2.05) is 303 Å². The summed E-state index contributed by atoms with van der Waals surface area (Å²) in [4.78, 5) is 0. The van der Waals surface area contributed by atoms with Crippen LogP contribution in [0.5, 0.6) is 0 Å². The molecule has 672 valence electrons. The molecule has 0 aliphatic heterocycles. The molecular weight excluding hydrogens is 1730 g/mol. The van der Waals surface area contributed by atoms with Gasteiger partial charge in [-0.05, 0) is 293 Å². The predicted molar refractivity (Wildman–Crippen MR) is 621 cm³/mol. The fourth-order valence-electron chi connectivity index (χ4n) is 20.2. The van der Waals surface area contributed by atoms with E-state index in [0.717, 1.165) is 87.6 Å². The van der Waals surface area contributed by atoms with E-state index in [1.54, 1.807) is 72.8 Å². The fraction of sp³-hybridized carbons (Fsp3) is 0. The summed E-state index contributed by atoms with van der Waals surface area (Å²) < 4.78 is 283. The van der Waals surface area contributed by atoms with Crippen LogP contribution in [-0.2, 0) is 0 Å². The minimum Gasteiger partial charge on any atom is -0.0622 e. The van der Waals surface area contributed by atoms with Gasteiger partial charge in [0.15, 0.2) is 0 Å². The molecule has 0 nitrogen and oxygen atoms in total. The summed E-state index contributed by atoms with van der Waals surface area (Å²) in [5.41, 5.74) is 15.1. The standard InChI is InChI=1S/C40H26.2C36H24.C32H22/c1-3-12-29-24-32(22-20-27(29)10-1)31-14-9-15-33(26-31)39-35-16-5-7-18-37(35)40(38-19-8-6-17-36(38)39)34-23-21-28-11-2-4-13-30(28)25-34;1-3-13-25(14-4-1)27-23-24-34(29-18-8-7-17-28(27)29)36-32-21-11-9-19-30(32)35(26-15-5-2-6-16-26)31-20-10-12-22-33(31)36;1-2-12-26(13-3-1)35-31-17-6-8-19-33(31)36(34-20-9-7-18-32(34)35)30-16-10-15-28(24-30)29-22-21-25-11-4-5-14-27(25)23-29;1-3-11-23(12-4-1)24-19-21-26(22-20-24)32-29-17-9-7-15-27(29)31(25-13-5-2-6-14-25)28-16-8-10-18-30(28)32/h1-26H;2*1-24H;1-22H/i5D,6D,7D,8D,16D,17D,18D,19D;9D,10D,11D,12D,19D,20D,21D,22D;6D,7D,8D,9D,17D,18D,19D,20D;7D,8D,9D,10D,15D,16D,17D,18D. The lowest BCUT2D eigenvalue weighted by atomic mass is 9.84. The lowest BCUT2D eigenvalue weighted by Crippen LogP contribution is -1.92. The first kappa shape index (κ1) is 58.9. The molecule has 0 aliphatic carbocycles. The highest BCUT2D eigenvalue weighted by atomic mass is 14.3. The second kappa shape index (κ2) is 38.6. The van der Waals surface area contributed by atoms with Gasteiger partial charge in [-0.2, -0.15) is 0 Å². The van der Waals surface area contributed by atoms with Crippen LogP contribution in [0.3, 0.4) is 0 Å². The number of rotatable bonds is 12. The molecule has 0 fully saturated rings. The van der Waals surface area contributed by atoms with Gasteiger partial charge in [-0.15, -0.1) is 0 Å². The monoisotopic (exact) mass is 1860 g/mol. The predicted octanol–water partition coefficient (Wildman–Crippen LogP) is 40.6. The molecule has 0 bridgehead atoms. The maximum Gasteiger partial charge on any atom is 0.0629 e. The van der Waals surface area contributed by atoms with Gasteiger partial charge in [0.2, 0.25) is 0 Å². The second-order valence-electron chi connectivity index (χ2n) is 35.0. The van der Waals surface area contributed by atoms with E-state index in [4.69, 9.17) is 35.6 Å². The molecule has 144 heavy (non-hydrogen) atoms. The number of hydrogen-bond acceptors (Lipinski definition) is 0. The Hall–Kier alpha value is -18.7. The van der Waals surface area contributed by atoms with Crippen molar-refractivity contribution in [3.05, 3.63) is 582 Å². The van der Waals surface area contributed by atoms with Gasteiger partial charge in [-0.1, -0.05) is 551 Å². The van der Waals surface area contributed by atoms with Crippen LogP contribution in [-0.4, -0.2) is 0 Å². The highest BCUT2D eigenvalue weighted by Crippen LogP contribution is 2.52. The van der Waals surface area contributed by atoms with E-state index < -0.39 is 96.7 Å². The third-order valence-corrected chi connectivity index (χ3v) is 26.8. The Morgan fingerprint density at radius 2 is 0.278 bits per heavy atom. The van der Waals surface area contributed by atoms with Gasteiger partial charge in [0.1, 0.15) is 0 Å². The zero-order valence-corrected chi connectivity index (χ0v) is 77.0. The Labute approximate surface area is 883 Å². The molecule has 28 aromatic rings. The van der Waals surface area contributed by atoms with Crippen molar-refractivity contribution in [2.24, 2.45) is 0 Å². The van der Waals surface area contributed by atoms with E-state index in [2.05, 4.69) is 12.1 Å². The first-order valence-electron chi connectivity index (χ1n) is 63.2. The molecule has 0 unspecified atom stereocenters. The van der Waals surface area contributed by atoms with Crippen LogP contribution in [0.15, 0.2) is 582 Å². The van der Waals surface area contributed by atoms with Crippen molar-refractivity contribution in [3.63, 3.8) is 0 Å². The molecule has 0 atom stereocenters. The summed E-state index contributed by atoms with van der Waals surface area (Å²) in [6.45, 7) is 0. The smallest absolute Gasteiger partial charge is 0.0622 e. The van der Waals surface area contributed by atoms with Crippen LogP contribution in [0.1, 0.15) is 43.9 Å². The largest absolute Gasteiger partial charge is 0.0629 e.